The number of piperidine rings is 1. The molecule has 2 aromatic rings. The Bertz CT molecular complexity index is 935. The summed E-state index contributed by atoms with van der Waals surface area (Å²) in [5.74, 6) is 0.136. The van der Waals surface area contributed by atoms with Gasteiger partial charge in [-0.1, -0.05) is 36.4 Å². The van der Waals surface area contributed by atoms with Crippen LogP contribution in [0.25, 0.3) is 0 Å². The Kier molecular flexibility index (Phi) is 6.38. The Labute approximate surface area is 182 Å². The fraction of sp³-hybridized carbons (Fsp3) is 0.417. The van der Waals surface area contributed by atoms with E-state index in [9.17, 15) is 10.1 Å². The van der Waals surface area contributed by atoms with Crippen molar-refractivity contribution in [1.82, 2.24) is 9.32 Å². The largest absolute Gasteiger partial charge is 0.478 e. The molecule has 2 aromatic carbocycles. The number of halogens is 1. The van der Waals surface area contributed by atoms with E-state index in [1.54, 1.807) is 12.1 Å². The maximum absolute atomic E-state index is 11.1. The van der Waals surface area contributed by atoms with Crippen LogP contribution in [-0.2, 0) is 6.54 Å². The van der Waals surface area contributed by atoms with Gasteiger partial charge in [0.05, 0.1) is 17.2 Å². The van der Waals surface area contributed by atoms with Crippen LogP contribution >= 0.6 is 11.8 Å². The molecule has 1 aliphatic heterocycles. The van der Waals surface area contributed by atoms with Crippen LogP contribution in [0.3, 0.4) is 0 Å². The van der Waals surface area contributed by atoms with Crippen molar-refractivity contribution in [2.75, 3.05) is 19.6 Å². The normalized spacial score (nSPS) is 22.0. The van der Waals surface area contributed by atoms with E-state index in [0.29, 0.717) is 30.0 Å². The molecule has 0 unspecified atom stereocenters. The molecule has 1 N–H and O–H groups in total. The summed E-state index contributed by atoms with van der Waals surface area (Å²) in [6.07, 6.45) is 3.30. The summed E-state index contributed by atoms with van der Waals surface area (Å²) < 4.78 is 2.02. The van der Waals surface area contributed by atoms with Gasteiger partial charge < -0.3 is 5.11 Å². The van der Waals surface area contributed by atoms with Crippen molar-refractivity contribution in [1.29, 1.82) is 5.26 Å². The van der Waals surface area contributed by atoms with Gasteiger partial charge >= 0.3 is 5.97 Å². The van der Waals surface area contributed by atoms with E-state index in [2.05, 4.69) is 35.2 Å². The van der Waals surface area contributed by atoms with Crippen LogP contribution in [0.2, 0.25) is 0 Å². The number of carboxylic acid groups (broad SMARTS) is 1. The third-order valence-electron chi connectivity index (χ3n) is 6.36. The lowest BCUT2D eigenvalue weighted by Crippen LogP contribution is -2.37. The zero-order valence-corrected chi connectivity index (χ0v) is 17.6. The number of carbonyl (C=O) groups is 1. The summed E-state index contributed by atoms with van der Waals surface area (Å²) in [6.45, 7) is 3.53. The van der Waals surface area contributed by atoms with Crippen LogP contribution in [0.15, 0.2) is 48.5 Å². The van der Waals surface area contributed by atoms with Crippen molar-refractivity contribution < 1.29 is 9.90 Å². The first-order valence-corrected chi connectivity index (χ1v) is 10.8. The molecule has 156 valence electrons. The third-order valence-corrected chi connectivity index (χ3v) is 6.74. The second-order valence-corrected chi connectivity index (χ2v) is 8.85. The van der Waals surface area contributed by atoms with Crippen LogP contribution in [0, 0.1) is 17.2 Å². The summed E-state index contributed by atoms with van der Waals surface area (Å²) >= 11 is 6.64. The molecule has 1 saturated carbocycles. The van der Waals surface area contributed by atoms with E-state index < -0.39 is 5.97 Å². The van der Waals surface area contributed by atoms with E-state index in [0.717, 1.165) is 44.5 Å². The van der Waals surface area contributed by atoms with Gasteiger partial charge in [0.25, 0.3) is 0 Å². The van der Waals surface area contributed by atoms with Crippen LogP contribution in [0.5, 0.6) is 0 Å². The maximum atomic E-state index is 11.1. The lowest BCUT2D eigenvalue weighted by atomic mass is 9.95. The van der Waals surface area contributed by atoms with E-state index >= 15 is 0 Å². The highest BCUT2D eigenvalue weighted by atomic mass is 35.5. The minimum Gasteiger partial charge on any atom is -0.478 e. The Morgan fingerprint density at radius 3 is 2.60 bits per heavy atom. The molecule has 0 bridgehead atoms. The lowest BCUT2D eigenvalue weighted by Gasteiger charge is -2.33. The first kappa shape index (κ1) is 20.9. The zero-order valence-electron chi connectivity index (χ0n) is 16.9. The van der Waals surface area contributed by atoms with Gasteiger partial charge in [-0.15, -0.1) is 0 Å². The number of likely N-dealkylation sites (tertiary alicyclic amines) is 1. The molecule has 2 aliphatic rings. The topological polar surface area (TPSA) is 67.6 Å². The predicted molar refractivity (Wildman–Crippen MR) is 116 cm³/mol. The molecule has 2 fully saturated rings. The Morgan fingerprint density at radius 2 is 1.93 bits per heavy atom. The van der Waals surface area contributed by atoms with Crippen LogP contribution < -0.4 is 0 Å². The SMILES string of the molecule is N#Cc1cc(C(=O)O)ccc1CN1CCC(CN(Cl)[C@@H]2C[C@H]2c2ccccc2)CC1. The molecule has 1 heterocycles. The second kappa shape index (κ2) is 9.18. The smallest absolute Gasteiger partial charge is 0.335 e. The first-order chi connectivity index (χ1) is 14.5. The van der Waals surface area contributed by atoms with Crippen molar-refractivity contribution >= 4 is 17.7 Å². The van der Waals surface area contributed by atoms with Gasteiger partial charge in [-0.3, -0.25) is 4.90 Å². The molecule has 0 spiro atoms. The summed E-state index contributed by atoms with van der Waals surface area (Å²) in [4.78, 5) is 13.5. The molecule has 1 aliphatic carbocycles. The molecule has 0 radical (unpaired) electrons. The number of nitriles is 1. The van der Waals surface area contributed by atoms with Crippen molar-refractivity contribution in [2.24, 2.45) is 5.92 Å². The number of carboxylic acids is 1. The monoisotopic (exact) mass is 423 g/mol. The van der Waals surface area contributed by atoms with Crippen molar-refractivity contribution in [3.8, 4) is 6.07 Å². The van der Waals surface area contributed by atoms with Crippen molar-refractivity contribution in [2.45, 2.75) is 37.8 Å². The highest BCUT2D eigenvalue weighted by Crippen LogP contribution is 2.45. The van der Waals surface area contributed by atoms with E-state index in [1.165, 1.54) is 11.6 Å². The number of benzene rings is 2. The number of hydrogen-bond donors (Lipinski definition) is 1. The van der Waals surface area contributed by atoms with Crippen molar-refractivity contribution in [3.63, 3.8) is 0 Å². The molecule has 30 heavy (non-hydrogen) atoms. The van der Waals surface area contributed by atoms with Gasteiger partial charge in [-0.25, -0.2) is 9.21 Å². The molecule has 4 rings (SSSR count). The van der Waals surface area contributed by atoms with Crippen molar-refractivity contribution in [3.05, 3.63) is 70.8 Å². The molecule has 5 nitrogen and oxygen atoms in total. The summed E-state index contributed by atoms with van der Waals surface area (Å²) in [6, 6.07) is 18.0. The summed E-state index contributed by atoms with van der Waals surface area (Å²) in [5.41, 5.74) is 2.88. The highest BCUT2D eigenvalue weighted by Gasteiger charge is 2.43. The van der Waals surface area contributed by atoms with Gasteiger partial charge in [-0.2, -0.15) is 5.26 Å². The third kappa shape index (κ3) is 4.84. The van der Waals surface area contributed by atoms with Crippen LogP contribution in [-0.4, -0.2) is 46.1 Å². The summed E-state index contributed by atoms with van der Waals surface area (Å²) in [7, 11) is 0. The molecule has 0 amide bonds. The predicted octanol–water partition coefficient (Wildman–Crippen LogP) is 4.48. The van der Waals surface area contributed by atoms with E-state index in [4.69, 9.17) is 16.9 Å². The standard InChI is InChI=1S/C24H26ClN3O2/c25-28(23-13-22(23)18-4-2-1-3-5-18)15-17-8-10-27(11-9-17)16-20-7-6-19(24(29)30)12-21(20)14-26/h1-7,12,17,22-23H,8-11,13,15-16H2,(H,29,30)/t22-,23+/m0/s1. The fourth-order valence-electron chi connectivity index (χ4n) is 4.45. The number of aromatic carboxylic acids is 1. The average molecular weight is 424 g/mol. The molecule has 2 atom stereocenters. The van der Waals surface area contributed by atoms with Gasteiger partial charge in [0.15, 0.2) is 0 Å². The maximum Gasteiger partial charge on any atom is 0.335 e. The van der Waals surface area contributed by atoms with E-state index in [1.807, 2.05) is 10.5 Å². The quantitative estimate of drug-likeness (QED) is 0.665. The Hall–Kier alpha value is -2.39. The minimum absolute atomic E-state index is 0.157. The molecular weight excluding hydrogens is 398 g/mol. The molecule has 0 aromatic heterocycles. The minimum atomic E-state index is -1.00. The molecule has 6 heteroatoms. The van der Waals surface area contributed by atoms with Gasteiger partial charge in [-0.05, 0) is 73.3 Å². The number of hydrogen-bond acceptors (Lipinski definition) is 4. The van der Waals surface area contributed by atoms with Crippen LogP contribution in [0.4, 0.5) is 0 Å². The second-order valence-electron chi connectivity index (χ2n) is 8.41. The Balaban J connectivity index is 1.26. The zero-order chi connectivity index (χ0) is 21.1. The number of nitrogens with zero attached hydrogens (tertiary/aromatic N) is 3. The van der Waals surface area contributed by atoms with Gasteiger partial charge in [0, 0.05) is 25.0 Å². The average Bonchev–Trinajstić information content (AvgIpc) is 3.57. The lowest BCUT2D eigenvalue weighted by molar-refractivity contribution is 0.0697. The number of rotatable bonds is 7. The van der Waals surface area contributed by atoms with Crippen LogP contribution in [0.1, 0.15) is 52.2 Å². The van der Waals surface area contributed by atoms with E-state index in [-0.39, 0.29) is 5.56 Å². The first-order valence-electron chi connectivity index (χ1n) is 10.5. The highest BCUT2D eigenvalue weighted by molar-refractivity contribution is 6.13. The Morgan fingerprint density at radius 1 is 1.20 bits per heavy atom. The molecular formula is C24H26ClN3O2. The molecule has 1 saturated heterocycles. The fourth-order valence-corrected chi connectivity index (χ4v) is 4.86. The summed E-state index contributed by atoms with van der Waals surface area (Å²) in [5, 5.41) is 18.5. The van der Waals surface area contributed by atoms with Gasteiger partial charge in [0.1, 0.15) is 0 Å². The van der Waals surface area contributed by atoms with Gasteiger partial charge in [0.2, 0.25) is 0 Å².